The zero-order chi connectivity index (χ0) is 14.1. The summed E-state index contributed by atoms with van der Waals surface area (Å²) in [4.78, 5) is 0. The average molecular weight is 273 g/mol. The lowest BCUT2D eigenvalue weighted by Crippen LogP contribution is -2.06. The highest BCUT2D eigenvalue weighted by atomic mass is 16.5. The van der Waals surface area contributed by atoms with Crippen molar-refractivity contribution in [3.63, 3.8) is 0 Å². The highest BCUT2D eigenvalue weighted by molar-refractivity contribution is 5.55. The largest absolute Gasteiger partial charge is 0.463 e. The minimum Gasteiger partial charge on any atom is -0.463 e. The smallest absolute Gasteiger partial charge is 0.153 e. The van der Waals surface area contributed by atoms with Crippen LogP contribution in [0.25, 0.3) is 11.5 Å². The van der Waals surface area contributed by atoms with Gasteiger partial charge in [-0.15, -0.1) is 5.10 Å². The second-order valence-corrected chi connectivity index (χ2v) is 4.53. The quantitative estimate of drug-likeness (QED) is 0.776. The Bertz CT molecular complexity index is 692. The lowest BCUT2D eigenvalue weighted by Gasteiger charge is -2.05. The Hall–Kier alpha value is -2.41. The highest BCUT2D eigenvalue weighted by Crippen LogP contribution is 2.24. The van der Waals surface area contributed by atoms with Crippen molar-refractivity contribution in [1.29, 1.82) is 0 Å². The molecule has 3 rings (SSSR count). The van der Waals surface area contributed by atoms with Crippen LogP contribution in [0.5, 0.6) is 0 Å². The predicted molar refractivity (Wildman–Crippen MR) is 70.7 cm³/mol. The summed E-state index contributed by atoms with van der Waals surface area (Å²) in [5.74, 6) is 1.47. The first-order valence-corrected chi connectivity index (χ1v) is 6.28. The van der Waals surface area contributed by atoms with E-state index in [0.717, 1.165) is 22.7 Å². The van der Waals surface area contributed by atoms with E-state index in [1.54, 1.807) is 10.9 Å². The third-order valence-electron chi connectivity index (χ3n) is 3.24. The molecule has 0 fully saturated rings. The maximum absolute atomic E-state index is 5.71. The van der Waals surface area contributed by atoms with Crippen LogP contribution in [0, 0.1) is 13.8 Å². The molecule has 0 saturated carbocycles. The van der Waals surface area contributed by atoms with Crippen LogP contribution in [-0.4, -0.2) is 20.2 Å². The molecule has 0 saturated heterocycles. The van der Waals surface area contributed by atoms with Crippen molar-refractivity contribution in [2.75, 3.05) is 0 Å². The van der Waals surface area contributed by atoms with Gasteiger partial charge in [-0.3, -0.25) is 0 Å². The summed E-state index contributed by atoms with van der Waals surface area (Å²) in [6.07, 6.45) is 1.61. The fraction of sp³-hybridized carbons (Fsp3) is 0.308. The number of furan rings is 1. The Kier molecular flexibility index (Phi) is 3.11. The van der Waals surface area contributed by atoms with Crippen LogP contribution in [0.3, 0.4) is 0 Å². The van der Waals surface area contributed by atoms with Crippen LogP contribution in [0.2, 0.25) is 0 Å². The van der Waals surface area contributed by atoms with Crippen LogP contribution < -0.4 is 5.73 Å². The zero-order valence-corrected chi connectivity index (χ0v) is 11.3. The number of hydrogen-bond acceptors (Lipinski definition) is 6. The van der Waals surface area contributed by atoms with Gasteiger partial charge < -0.3 is 14.7 Å². The van der Waals surface area contributed by atoms with Gasteiger partial charge in [-0.1, -0.05) is 10.4 Å². The van der Waals surface area contributed by atoms with E-state index in [1.807, 2.05) is 26.0 Å². The van der Waals surface area contributed by atoms with Crippen molar-refractivity contribution in [2.45, 2.75) is 26.9 Å². The van der Waals surface area contributed by atoms with Crippen molar-refractivity contribution in [3.05, 3.63) is 41.1 Å². The van der Waals surface area contributed by atoms with E-state index < -0.39 is 0 Å². The average Bonchev–Trinajstić information content (AvgIpc) is 3.14. The van der Waals surface area contributed by atoms with Gasteiger partial charge in [0.1, 0.15) is 17.1 Å². The van der Waals surface area contributed by atoms with Gasteiger partial charge in [-0.2, -0.15) is 0 Å². The molecule has 0 unspecified atom stereocenters. The summed E-state index contributed by atoms with van der Waals surface area (Å²) in [7, 11) is 0. The Morgan fingerprint density at radius 1 is 1.35 bits per heavy atom. The van der Waals surface area contributed by atoms with Crippen LogP contribution in [-0.2, 0) is 13.1 Å². The molecular formula is C13H15N5O2. The molecule has 0 atom stereocenters. The van der Waals surface area contributed by atoms with Crippen molar-refractivity contribution in [1.82, 2.24) is 20.2 Å². The van der Waals surface area contributed by atoms with Crippen molar-refractivity contribution < 1.29 is 8.94 Å². The Morgan fingerprint density at radius 2 is 2.20 bits per heavy atom. The van der Waals surface area contributed by atoms with E-state index in [4.69, 9.17) is 14.7 Å². The standard InChI is InChI=1S/C13H15N5O2/c1-8-10(9(2)20-16-8)7-18-13(11(6-14)15-17-18)12-4-3-5-19-12/h3-5H,6-7,14H2,1-2H3. The number of aryl methyl sites for hydroxylation is 2. The van der Waals surface area contributed by atoms with Gasteiger partial charge in [-0.05, 0) is 26.0 Å². The molecule has 0 amide bonds. The molecule has 0 aromatic carbocycles. The third-order valence-corrected chi connectivity index (χ3v) is 3.24. The van der Waals surface area contributed by atoms with Crippen molar-refractivity contribution in [3.8, 4) is 11.5 Å². The number of aromatic nitrogens is 4. The third kappa shape index (κ3) is 2.01. The van der Waals surface area contributed by atoms with Gasteiger partial charge in [0.15, 0.2) is 5.76 Å². The molecule has 20 heavy (non-hydrogen) atoms. The van der Waals surface area contributed by atoms with Gasteiger partial charge in [0.2, 0.25) is 0 Å². The molecule has 104 valence electrons. The summed E-state index contributed by atoms with van der Waals surface area (Å²) in [6, 6.07) is 3.69. The molecule has 3 heterocycles. The van der Waals surface area contributed by atoms with Crippen molar-refractivity contribution in [2.24, 2.45) is 5.73 Å². The maximum atomic E-state index is 5.71. The topological polar surface area (TPSA) is 95.9 Å². The van der Waals surface area contributed by atoms with Crippen LogP contribution in [0.1, 0.15) is 22.7 Å². The first-order chi connectivity index (χ1) is 9.70. The number of rotatable bonds is 4. The Balaban J connectivity index is 2.05. The van der Waals surface area contributed by atoms with Gasteiger partial charge in [0, 0.05) is 12.1 Å². The lowest BCUT2D eigenvalue weighted by atomic mass is 10.2. The van der Waals surface area contributed by atoms with E-state index in [-0.39, 0.29) is 0 Å². The van der Waals surface area contributed by atoms with E-state index in [0.29, 0.717) is 24.5 Å². The summed E-state index contributed by atoms with van der Waals surface area (Å²) in [5, 5.41) is 12.2. The van der Waals surface area contributed by atoms with E-state index in [1.165, 1.54) is 0 Å². The van der Waals surface area contributed by atoms with Crippen molar-refractivity contribution >= 4 is 0 Å². The highest BCUT2D eigenvalue weighted by Gasteiger charge is 2.19. The van der Waals surface area contributed by atoms with Crippen LogP contribution >= 0.6 is 0 Å². The number of hydrogen-bond donors (Lipinski definition) is 1. The summed E-state index contributed by atoms with van der Waals surface area (Å²) in [6.45, 7) is 4.60. The molecule has 0 aliphatic carbocycles. The monoisotopic (exact) mass is 273 g/mol. The first kappa shape index (κ1) is 12.6. The van der Waals surface area contributed by atoms with Gasteiger partial charge >= 0.3 is 0 Å². The molecule has 0 bridgehead atoms. The molecule has 0 spiro atoms. The van der Waals surface area contributed by atoms with Crippen LogP contribution in [0.15, 0.2) is 27.3 Å². The Morgan fingerprint density at radius 3 is 2.80 bits per heavy atom. The Labute approximate surface area is 115 Å². The molecule has 2 N–H and O–H groups in total. The second kappa shape index (κ2) is 4.93. The molecule has 0 aliphatic rings. The summed E-state index contributed by atoms with van der Waals surface area (Å²) in [5.41, 5.74) is 9.04. The van der Waals surface area contributed by atoms with Gasteiger partial charge in [-0.25, -0.2) is 4.68 Å². The van der Waals surface area contributed by atoms with E-state index >= 15 is 0 Å². The predicted octanol–water partition coefficient (Wildman–Crippen LogP) is 1.65. The van der Waals surface area contributed by atoms with Gasteiger partial charge in [0.25, 0.3) is 0 Å². The molecule has 3 aromatic rings. The minimum atomic E-state index is 0.303. The number of nitrogens with zero attached hydrogens (tertiary/aromatic N) is 4. The number of nitrogens with two attached hydrogens (primary N) is 1. The first-order valence-electron chi connectivity index (χ1n) is 6.28. The molecular weight excluding hydrogens is 258 g/mol. The van der Waals surface area contributed by atoms with Gasteiger partial charge in [0.05, 0.1) is 18.5 Å². The molecule has 7 nitrogen and oxygen atoms in total. The fourth-order valence-corrected chi connectivity index (χ4v) is 2.16. The zero-order valence-electron chi connectivity index (χ0n) is 11.3. The molecule has 3 aromatic heterocycles. The minimum absolute atomic E-state index is 0.303. The maximum Gasteiger partial charge on any atom is 0.153 e. The molecule has 0 aliphatic heterocycles. The normalized spacial score (nSPS) is 11.2. The lowest BCUT2D eigenvalue weighted by molar-refractivity contribution is 0.391. The summed E-state index contributed by atoms with van der Waals surface area (Å²) >= 11 is 0. The SMILES string of the molecule is Cc1noc(C)c1Cn1nnc(CN)c1-c1ccco1. The fourth-order valence-electron chi connectivity index (χ4n) is 2.16. The molecule has 0 radical (unpaired) electrons. The van der Waals surface area contributed by atoms with E-state index in [2.05, 4.69) is 15.5 Å². The summed E-state index contributed by atoms with van der Waals surface area (Å²) < 4.78 is 12.4. The molecule has 7 heteroatoms. The van der Waals surface area contributed by atoms with E-state index in [9.17, 15) is 0 Å². The van der Waals surface area contributed by atoms with Crippen LogP contribution in [0.4, 0.5) is 0 Å². The second-order valence-electron chi connectivity index (χ2n) is 4.53.